The van der Waals surface area contributed by atoms with Gasteiger partial charge in [-0.1, -0.05) is 29.8 Å². The molecule has 1 heterocycles. The molecule has 2 aromatic rings. The molecule has 0 aliphatic rings. The van der Waals surface area contributed by atoms with Crippen molar-refractivity contribution < 1.29 is 0 Å². The predicted molar refractivity (Wildman–Crippen MR) is 88.9 cm³/mol. The fourth-order valence-corrected chi connectivity index (χ4v) is 3.19. The summed E-state index contributed by atoms with van der Waals surface area (Å²) in [4.78, 5) is 0. The first kappa shape index (κ1) is 16.1. The van der Waals surface area contributed by atoms with Crippen LogP contribution < -0.4 is 5.32 Å². The Kier molecular flexibility index (Phi) is 5.07. The van der Waals surface area contributed by atoms with Gasteiger partial charge in [0.2, 0.25) is 0 Å². The van der Waals surface area contributed by atoms with Crippen LogP contribution in [0, 0.1) is 13.8 Å². The molecule has 21 heavy (non-hydrogen) atoms. The molecule has 1 aromatic heterocycles. The van der Waals surface area contributed by atoms with E-state index in [0.717, 1.165) is 17.1 Å². The molecule has 0 bridgehead atoms. The van der Waals surface area contributed by atoms with Crippen molar-refractivity contribution >= 4 is 11.6 Å². The lowest BCUT2D eigenvalue weighted by atomic mass is 10.0. The smallest absolute Gasteiger partial charge is 0.0644 e. The Morgan fingerprint density at radius 2 is 1.90 bits per heavy atom. The van der Waals surface area contributed by atoms with E-state index < -0.39 is 0 Å². The second-order valence-corrected chi connectivity index (χ2v) is 6.20. The van der Waals surface area contributed by atoms with Crippen LogP contribution in [0.4, 0.5) is 0 Å². The minimum absolute atomic E-state index is 0.274. The molecule has 0 amide bonds. The van der Waals surface area contributed by atoms with E-state index in [1.165, 1.54) is 16.8 Å². The van der Waals surface area contributed by atoms with Crippen LogP contribution in [-0.4, -0.2) is 15.8 Å². The number of hydrogen-bond donors (Lipinski definition) is 1. The molecule has 0 saturated heterocycles. The van der Waals surface area contributed by atoms with Gasteiger partial charge in [0.1, 0.15) is 0 Å². The van der Waals surface area contributed by atoms with E-state index in [2.05, 4.69) is 44.2 Å². The molecule has 114 valence electrons. The Labute approximate surface area is 132 Å². The summed E-state index contributed by atoms with van der Waals surface area (Å²) < 4.78 is 1.95. The topological polar surface area (TPSA) is 29.9 Å². The third kappa shape index (κ3) is 3.66. The van der Waals surface area contributed by atoms with Crippen molar-refractivity contribution in [1.29, 1.82) is 0 Å². The average Bonchev–Trinajstić information content (AvgIpc) is 2.66. The third-order valence-corrected chi connectivity index (χ3v) is 4.39. The van der Waals surface area contributed by atoms with Crippen molar-refractivity contribution in [2.75, 3.05) is 0 Å². The van der Waals surface area contributed by atoms with E-state index in [4.69, 9.17) is 11.6 Å². The first-order valence-corrected chi connectivity index (χ1v) is 7.77. The van der Waals surface area contributed by atoms with Crippen molar-refractivity contribution in [1.82, 2.24) is 15.1 Å². The fraction of sp³-hybridized carbons (Fsp3) is 0.471. The van der Waals surface area contributed by atoms with E-state index in [9.17, 15) is 0 Å². The highest BCUT2D eigenvalue weighted by Crippen LogP contribution is 2.22. The summed E-state index contributed by atoms with van der Waals surface area (Å²) in [5, 5.41) is 8.99. The van der Waals surface area contributed by atoms with Crippen LogP contribution in [0.15, 0.2) is 24.3 Å². The van der Waals surface area contributed by atoms with Crippen LogP contribution in [0.5, 0.6) is 0 Å². The molecule has 0 aliphatic carbocycles. The van der Waals surface area contributed by atoms with Gasteiger partial charge in [-0.05, 0) is 45.7 Å². The van der Waals surface area contributed by atoms with Crippen LogP contribution >= 0.6 is 11.6 Å². The Morgan fingerprint density at radius 3 is 2.48 bits per heavy atom. The SMILES string of the molecule is Cc1nn(C)c(C)c1C(C)NC(C)Cc1ccccc1Cl. The van der Waals surface area contributed by atoms with Crippen molar-refractivity contribution in [3.05, 3.63) is 51.8 Å². The highest BCUT2D eigenvalue weighted by molar-refractivity contribution is 6.31. The van der Waals surface area contributed by atoms with Crippen LogP contribution in [0.1, 0.15) is 42.4 Å². The van der Waals surface area contributed by atoms with Gasteiger partial charge in [0, 0.05) is 35.4 Å². The molecular weight excluding hydrogens is 282 g/mol. The van der Waals surface area contributed by atoms with Crippen molar-refractivity contribution in [2.45, 2.75) is 46.2 Å². The van der Waals surface area contributed by atoms with Gasteiger partial charge in [0.25, 0.3) is 0 Å². The molecule has 2 unspecified atom stereocenters. The normalized spacial score (nSPS) is 14.2. The van der Waals surface area contributed by atoms with Crippen molar-refractivity contribution in [3.63, 3.8) is 0 Å². The lowest BCUT2D eigenvalue weighted by molar-refractivity contribution is 0.474. The number of halogens is 1. The number of hydrogen-bond acceptors (Lipinski definition) is 2. The first-order valence-electron chi connectivity index (χ1n) is 7.39. The lowest BCUT2D eigenvalue weighted by Crippen LogP contribution is -2.31. The van der Waals surface area contributed by atoms with Gasteiger partial charge >= 0.3 is 0 Å². The summed E-state index contributed by atoms with van der Waals surface area (Å²) in [6.45, 7) is 8.58. The molecule has 1 aromatic carbocycles. The minimum Gasteiger partial charge on any atom is -0.307 e. The Hall–Kier alpha value is -1.32. The van der Waals surface area contributed by atoms with Crippen LogP contribution in [0.3, 0.4) is 0 Å². The Bertz CT molecular complexity index is 618. The quantitative estimate of drug-likeness (QED) is 0.906. The minimum atomic E-state index is 0.274. The standard InChI is InChI=1S/C17H24ClN3/c1-11(10-15-8-6-7-9-16(15)18)19-12(2)17-13(3)20-21(5)14(17)4/h6-9,11-12,19H,10H2,1-5H3. The summed E-state index contributed by atoms with van der Waals surface area (Å²) in [5.41, 5.74) is 4.80. The monoisotopic (exact) mass is 305 g/mol. The van der Waals surface area contributed by atoms with Gasteiger partial charge in [-0.15, -0.1) is 0 Å². The van der Waals surface area contributed by atoms with E-state index in [0.29, 0.717) is 6.04 Å². The number of aromatic nitrogens is 2. The van der Waals surface area contributed by atoms with Gasteiger partial charge in [-0.25, -0.2) is 0 Å². The molecule has 4 heteroatoms. The maximum absolute atomic E-state index is 6.23. The lowest BCUT2D eigenvalue weighted by Gasteiger charge is -2.21. The summed E-state index contributed by atoms with van der Waals surface area (Å²) in [5.74, 6) is 0. The third-order valence-electron chi connectivity index (χ3n) is 4.02. The first-order chi connectivity index (χ1) is 9.90. The highest BCUT2D eigenvalue weighted by atomic mass is 35.5. The molecule has 0 saturated carbocycles. The van der Waals surface area contributed by atoms with Gasteiger partial charge in [-0.3, -0.25) is 4.68 Å². The number of benzene rings is 1. The predicted octanol–water partition coefficient (Wildman–Crippen LogP) is 3.97. The van der Waals surface area contributed by atoms with Gasteiger partial charge in [0.05, 0.1) is 5.69 Å². The van der Waals surface area contributed by atoms with E-state index in [1.54, 1.807) is 0 Å². The second-order valence-electron chi connectivity index (χ2n) is 5.79. The molecule has 2 atom stereocenters. The number of aryl methyl sites for hydroxylation is 2. The molecule has 0 aliphatic heterocycles. The van der Waals surface area contributed by atoms with Gasteiger partial charge < -0.3 is 5.32 Å². The van der Waals surface area contributed by atoms with Crippen LogP contribution in [0.25, 0.3) is 0 Å². The van der Waals surface area contributed by atoms with Crippen LogP contribution in [-0.2, 0) is 13.5 Å². The second kappa shape index (κ2) is 6.63. The van der Waals surface area contributed by atoms with Crippen molar-refractivity contribution in [3.8, 4) is 0 Å². The van der Waals surface area contributed by atoms with Gasteiger partial charge in [0.15, 0.2) is 0 Å². The number of nitrogens with zero attached hydrogens (tertiary/aromatic N) is 2. The van der Waals surface area contributed by atoms with Gasteiger partial charge in [-0.2, -0.15) is 5.10 Å². The zero-order valence-corrected chi connectivity index (χ0v) is 14.2. The fourth-order valence-electron chi connectivity index (χ4n) is 2.98. The van der Waals surface area contributed by atoms with E-state index in [-0.39, 0.29) is 6.04 Å². The maximum atomic E-state index is 6.23. The summed E-state index contributed by atoms with van der Waals surface area (Å²) in [7, 11) is 1.99. The van der Waals surface area contributed by atoms with E-state index >= 15 is 0 Å². The zero-order valence-electron chi connectivity index (χ0n) is 13.4. The van der Waals surface area contributed by atoms with Crippen molar-refractivity contribution in [2.24, 2.45) is 7.05 Å². The molecule has 0 fully saturated rings. The maximum Gasteiger partial charge on any atom is 0.0644 e. The largest absolute Gasteiger partial charge is 0.307 e. The summed E-state index contributed by atoms with van der Waals surface area (Å²) in [6, 6.07) is 8.66. The number of rotatable bonds is 5. The average molecular weight is 306 g/mol. The molecule has 2 rings (SSSR count). The summed E-state index contributed by atoms with van der Waals surface area (Å²) >= 11 is 6.23. The molecular formula is C17H24ClN3. The van der Waals surface area contributed by atoms with E-state index in [1.807, 2.05) is 29.9 Å². The number of nitrogens with one attached hydrogen (secondary N) is 1. The highest BCUT2D eigenvalue weighted by Gasteiger charge is 2.18. The molecule has 1 N–H and O–H groups in total. The Morgan fingerprint density at radius 1 is 1.24 bits per heavy atom. The molecule has 0 spiro atoms. The van der Waals surface area contributed by atoms with Crippen LogP contribution in [0.2, 0.25) is 5.02 Å². The molecule has 0 radical (unpaired) electrons. The molecule has 3 nitrogen and oxygen atoms in total. The summed E-state index contributed by atoms with van der Waals surface area (Å²) in [6.07, 6.45) is 0.919. The zero-order chi connectivity index (χ0) is 15.6. The Balaban J connectivity index is 2.05.